The van der Waals surface area contributed by atoms with Crippen LogP contribution in [0.25, 0.3) is 0 Å². The van der Waals surface area contributed by atoms with Crippen molar-refractivity contribution in [1.82, 2.24) is 4.90 Å². The van der Waals surface area contributed by atoms with Gasteiger partial charge in [0, 0.05) is 12.6 Å². The number of likely N-dealkylation sites (tertiary alicyclic amines) is 1. The highest BCUT2D eigenvalue weighted by Crippen LogP contribution is 2.26. The molecule has 5 heteroatoms. The van der Waals surface area contributed by atoms with Crippen LogP contribution in [0.3, 0.4) is 0 Å². The predicted octanol–water partition coefficient (Wildman–Crippen LogP) is 2.73. The zero-order valence-electron chi connectivity index (χ0n) is 10.7. The number of benzene rings is 1. The van der Waals surface area contributed by atoms with Crippen molar-refractivity contribution < 1.29 is 14.7 Å². The number of hydrogen-bond donors (Lipinski definition) is 1. The van der Waals surface area contributed by atoms with Crippen LogP contribution in [0.15, 0.2) is 18.2 Å². The minimum atomic E-state index is -0.875. The first-order valence-corrected chi connectivity index (χ1v) is 6.65. The number of carboxylic acid groups (broad SMARTS) is 1. The van der Waals surface area contributed by atoms with E-state index in [9.17, 15) is 9.59 Å². The highest BCUT2D eigenvalue weighted by molar-refractivity contribution is 6.33. The molecule has 1 N–H and O–H groups in total. The molecule has 0 radical (unpaired) electrons. The van der Waals surface area contributed by atoms with Crippen molar-refractivity contribution in [2.24, 2.45) is 0 Å². The van der Waals surface area contributed by atoms with Gasteiger partial charge in [0.15, 0.2) is 0 Å². The zero-order valence-corrected chi connectivity index (χ0v) is 11.5. The number of rotatable bonds is 3. The molecule has 0 aliphatic carbocycles. The topological polar surface area (TPSA) is 57.6 Å². The Morgan fingerprint density at radius 1 is 1.47 bits per heavy atom. The molecule has 0 spiro atoms. The molecule has 1 aromatic rings. The molecule has 102 valence electrons. The number of amides is 1. The Kier molecular flexibility index (Phi) is 4.10. The number of hydrogen-bond acceptors (Lipinski definition) is 2. The van der Waals surface area contributed by atoms with E-state index in [4.69, 9.17) is 16.7 Å². The Hall–Kier alpha value is -1.55. The van der Waals surface area contributed by atoms with Gasteiger partial charge in [0.05, 0.1) is 17.0 Å². The third kappa shape index (κ3) is 3.07. The summed E-state index contributed by atoms with van der Waals surface area (Å²) in [6, 6.07) is 5.07. The summed E-state index contributed by atoms with van der Waals surface area (Å²) in [5.41, 5.74) is 1.44. The zero-order chi connectivity index (χ0) is 14.0. The van der Waals surface area contributed by atoms with Gasteiger partial charge in [-0.15, -0.1) is 0 Å². The third-order valence-electron chi connectivity index (χ3n) is 3.40. The Balaban J connectivity index is 2.20. The summed E-state index contributed by atoms with van der Waals surface area (Å²) in [6.45, 7) is 2.50. The fourth-order valence-corrected chi connectivity index (χ4v) is 2.78. The number of nitrogens with zero attached hydrogens (tertiary/aromatic N) is 1. The quantitative estimate of drug-likeness (QED) is 0.927. The Labute approximate surface area is 117 Å². The second kappa shape index (κ2) is 5.61. The maximum Gasteiger partial charge on any atom is 0.305 e. The maximum atomic E-state index is 12.4. The van der Waals surface area contributed by atoms with E-state index in [1.54, 1.807) is 17.0 Å². The average Bonchev–Trinajstić information content (AvgIpc) is 2.75. The lowest BCUT2D eigenvalue weighted by Gasteiger charge is -2.24. The normalized spacial score (nSPS) is 18.6. The summed E-state index contributed by atoms with van der Waals surface area (Å²) in [5.74, 6) is -1.05. The number of carbonyl (C=O) groups is 2. The summed E-state index contributed by atoms with van der Waals surface area (Å²) in [4.78, 5) is 24.9. The Bertz CT molecular complexity index is 515. The highest BCUT2D eigenvalue weighted by atomic mass is 35.5. The molecule has 0 bridgehead atoms. The second-order valence-electron chi connectivity index (χ2n) is 4.88. The monoisotopic (exact) mass is 281 g/mol. The fraction of sp³-hybridized carbons (Fsp3) is 0.429. The van der Waals surface area contributed by atoms with E-state index in [0.717, 1.165) is 18.4 Å². The molecule has 1 atom stereocenters. The maximum absolute atomic E-state index is 12.4. The van der Waals surface area contributed by atoms with Gasteiger partial charge in [-0.3, -0.25) is 9.59 Å². The lowest BCUT2D eigenvalue weighted by atomic mass is 10.1. The van der Waals surface area contributed by atoms with Crippen molar-refractivity contribution in [3.63, 3.8) is 0 Å². The number of aliphatic carboxylic acids is 1. The molecular formula is C14H16ClNO3. The first kappa shape index (κ1) is 13.9. The standard InChI is InChI=1S/C14H16ClNO3/c1-9-4-5-11(12(15)7-9)14(19)16-6-2-3-10(16)8-13(17)18/h4-5,7,10H,2-3,6,8H2,1H3,(H,17,18). The van der Waals surface area contributed by atoms with Gasteiger partial charge in [0.25, 0.3) is 5.91 Å². The average molecular weight is 282 g/mol. The molecule has 0 saturated carbocycles. The van der Waals surface area contributed by atoms with Gasteiger partial charge in [-0.2, -0.15) is 0 Å². The van der Waals surface area contributed by atoms with Crippen LogP contribution in [-0.2, 0) is 4.79 Å². The van der Waals surface area contributed by atoms with Crippen LogP contribution in [0.1, 0.15) is 35.2 Å². The smallest absolute Gasteiger partial charge is 0.305 e. The molecule has 1 heterocycles. The molecule has 1 fully saturated rings. The summed E-state index contributed by atoms with van der Waals surface area (Å²) in [5, 5.41) is 9.29. The molecule has 1 saturated heterocycles. The van der Waals surface area contributed by atoms with Crippen molar-refractivity contribution in [3.8, 4) is 0 Å². The minimum Gasteiger partial charge on any atom is -0.481 e. The number of carbonyl (C=O) groups excluding carboxylic acids is 1. The van der Waals surface area contributed by atoms with E-state index in [0.29, 0.717) is 17.1 Å². The van der Waals surface area contributed by atoms with E-state index in [1.165, 1.54) is 0 Å². The van der Waals surface area contributed by atoms with E-state index >= 15 is 0 Å². The molecule has 1 unspecified atom stereocenters. The van der Waals surface area contributed by atoms with Crippen molar-refractivity contribution in [2.45, 2.75) is 32.2 Å². The lowest BCUT2D eigenvalue weighted by Crippen LogP contribution is -2.37. The van der Waals surface area contributed by atoms with Crippen LogP contribution in [0.2, 0.25) is 5.02 Å². The molecule has 19 heavy (non-hydrogen) atoms. The molecule has 0 aromatic heterocycles. The number of halogens is 1. The molecule has 1 aromatic carbocycles. The van der Waals surface area contributed by atoms with Crippen molar-refractivity contribution >= 4 is 23.5 Å². The predicted molar refractivity (Wildman–Crippen MR) is 72.5 cm³/mol. The fourth-order valence-electron chi connectivity index (χ4n) is 2.47. The second-order valence-corrected chi connectivity index (χ2v) is 5.28. The van der Waals surface area contributed by atoms with Crippen molar-refractivity contribution in [1.29, 1.82) is 0 Å². The summed E-state index contributed by atoms with van der Waals surface area (Å²) in [6.07, 6.45) is 1.57. The van der Waals surface area contributed by atoms with Crippen LogP contribution in [-0.4, -0.2) is 34.5 Å². The van der Waals surface area contributed by atoms with Gasteiger partial charge in [-0.1, -0.05) is 17.7 Å². The van der Waals surface area contributed by atoms with Gasteiger partial charge < -0.3 is 10.0 Å². The number of carboxylic acids is 1. The molecule has 2 rings (SSSR count). The molecule has 4 nitrogen and oxygen atoms in total. The summed E-state index contributed by atoms with van der Waals surface area (Å²) < 4.78 is 0. The number of aryl methyl sites for hydroxylation is 1. The molecular weight excluding hydrogens is 266 g/mol. The molecule has 1 amide bonds. The van der Waals surface area contributed by atoms with Crippen LogP contribution in [0.5, 0.6) is 0 Å². The van der Waals surface area contributed by atoms with Crippen LogP contribution >= 0.6 is 11.6 Å². The van der Waals surface area contributed by atoms with Crippen LogP contribution in [0.4, 0.5) is 0 Å². The van der Waals surface area contributed by atoms with Gasteiger partial charge in [-0.05, 0) is 37.5 Å². The van der Waals surface area contributed by atoms with Crippen LogP contribution in [0, 0.1) is 6.92 Å². The van der Waals surface area contributed by atoms with Crippen molar-refractivity contribution in [2.75, 3.05) is 6.54 Å². The van der Waals surface area contributed by atoms with Gasteiger partial charge in [0.2, 0.25) is 0 Å². The van der Waals surface area contributed by atoms with Crippen LogP contribution < -0.4 is 0 Å². The van der Waals surface area contributed by atoms with E-state index < -0.39 is 5.97 Å². The van der Waals surface area contributed by atoms with Gasteiger partial charge >= 0.3 is 5.97 Å². The summed E-state index contributed by atoms with van der Waals surface area (Å²) in [7, 11) is 0. The first-order chi connectivity index (χ1) is 8.99. The molecule has 1 aliphatic rings. The van der Waals surface area contributed by atoms with E-state index in [2.05, 4.69) is 0 Å². The highest BCUT2D eigenvalue weighted by Gasteiger charge is 2.31. The SMILES string of the molecule is Cc1ccc(C(=O)N2CCCC2CC(=O)O)c(Cl)c1. The van der Waals surface area contributed by atoms with Crippen molar-refractivity contribution in [3.05, 3.63) is 34.3 Å². The van der Waals surface area contributed by atoms with E-state index in [1.807, 2.05) is 13.0 Å². The first-order valence-electron chi connectivity index (χ1n) is 6.28. The van der Waals surface area contributed by atoms with Gasteiger partial charge in [-0.25, -0.2) is 0 Å². The molecule has 1 aliphatic heterocycles. The summed E-state index contributed by atoms with van der Waals surface area (Å²) >= 11 is 6.09. The Morgan fingerprint density at radius 2 is 2.21 bits per heavy atom. The minimum absolute atomic E-state index is 0.00474. The largest absolute Gasteiger partial charge is 0.481 e. The van der Waals surface area contributed by atoms with Gasteiger partial charge in [0.1, 0.15) is 0 Å². The third-order valence-corrected chi connectivity index (χ3v) is 3.72. The van der Waals surface area contributed by atoms with E-state index in [-0.39, 0.29) is 18.4 Å². The Morgan fingerprint density at radius 3 is 2.84 bits per heavy atom. The lowest BCUT2D eigenvalue weighted by molar-refractivity contribution is -0.137.